The van der Waals surface area contributed by atoms with Crippen molar-refractivity contribution in [1.29, 1.82) is 0 Å². The molecule has 0 radical (unpaired) electrons. The molecule has 25 heavy (non-hydrogen) atoms. The Morgan fingerprint density at radius 2 is 1.48 bits per heavy atom. The van der Waals surface area contributed by atoms with Gasteiger partial charge in [0.1, 0.15) is 5.25 Å². The number of sulfone groups is 1. The van der Waals surface area contributed by atoms with Gasteiger partial charge in [-0.3, -0.25) is 9.59 Å². The summed E-state index contributed by atoms with van der Waals surface area (Å²) in [5.74, 6) is -1.43. The van der Waals surface area contributed by atoms with E-state index in [1.807, 2.05) is 0 Å². The van der Waals surface area contributed by atoms with Gasteiger partial charge in [-0.2, -0.15) is 0 Å². The lowest BCUT2D eigenvalue weighted by atomic mass is 10.2. The van der Waals surface area contributed by atoms with E-state index in [0.29, 0.717) is 5.69 Å². The minimum Gasteiger partial charge on any atom is -0.451 e. The van der Waals surface area contributed by atoms with Crippen LogP contribution in [0.1, 0.15) is 13.8 Å². The molecule has 0 heterocycles. The number of carbonyl (C=O) groups is 2. The van der Waals surface area contributed by atoms with Crippen molar-refractivity contribution < 1.29 is 22.7 Å². The van der Waals surface area contributed by atoms with Crippen molar-refractivity contribution in [2.24, 2.45) is 0 Å². The van der Waals surface area contributed by atoms with E-state index >= 15 is 0 Å². The van der Waals surface area contributed by atoms with Crippen molar-refractivity contribution in [3.8, 4) is 0 Å². The summed E-state index contributed by atoms with van der Waals surface area (Å²) in [6.45, 7) is 2.48. The van der Waals surface area contributed by atoms with E-state index in [9.17, 15) is 18.0 Å². The maximum absolute atomic E-state index is 12.7. The number of hydrogen-bond donors (Lipinski definition) is 1. The lowest BCUT2D eigenvalue weighted by Crippen LogP contribution is -2.43. The van der Waals surface area contributed by atoms with Gasteiger partial charge in [0.05, 0.1) is 4.90 Å². The monoisotopic (exact) mass is 361 g/mol. The van der Waals surface area contributed by atoms with E-state index in [2.05, 4.69) is 5.32 Å². The predicted molar refractivity (Wildman–Crippen MR) is 93.7 cm³/mol. The highest BCUT2D eigenvalue weighted by Gasteiger charge is 2.38. The molecule has 7 heteroatoms. The van der Waals surface area contributed by atoms with Gasteiger partial charge in [-0.25, -0.2) is 8.42 Å². The first-order valence-electron chi connectivity index (χ1n) is 7.64. The predicted octanol–water partition coefficient (Wildman–Crippen LogP) is 2.42. The summed E-state index contributed by atoms with van der Waals surface area (Å²) in [7, 11) is -3.86. The standard InChI is InChI=1S/C18H19NO5S/c1-13(25(22,23)16-11-7-4-8-12-16)17(24-14(2)20)18(21)19-15-9-5-3-6-10-15/h3-13,17H,1-2H3,(H,19,21)/t13-,17-/m0/s1. The van der Waals surface area contributed by atoms with Crippen molar-refractivity contribution in [2.45, 2.75) is 30.1 Å². The second kappa shape index (κ2) is 7.94. The molecule has 0 unspecified atom stereocenters. The number of rotatable bonds is 6. The molecule has 0 saturated carbocycles. The Labute approximate surface area is 146 Å². The van der Waals surface area contributed by atoms with Gasteiger partial charge in [-0.05, 0) is 31.2 Å². The maximum Gasteiger partial charge on any atom is 0.303 e. The molecular formula is C18H19NO5S. The summed E-state index contributed by atoms with van der Waals surface area (Å²) < 4.78 is 30.5. The van der Waals surface area contributed by atoms with Crippen LogP contribution in [-0.4, -0.2) is 31.6 Å². The van der Waals surface area contributed by atoms with Crippen LogP contribution < -0.4 is 5.32 Å². The molecule has 0 aromatic heterocycles. The van der Waals surface area contributed by atoms with Gasteiger partial charge in [0, 0.05) is 12.6 Å². The minimum absolute atomic E-state index is 0.0622. The lowest BCUT2D eigenvalue weighted by Gasteiger charge is -2.23. The molecule has 0 aliphatic rings. The molecule has 0 saturated heterocycles. The number of benzene rings is 2. The van der Waals surface area contributed by atoms with Gasteiger partial charge in [-0.15, -0.1) is 0 Å². The van der Waals surface area contributed by atoms with Crippen LogP contribution in [0.15, 0.2) is 65.6 Å². The topological polar surface area (TPSA) is 89.5 Å². The van der Waals surface area contributed by atoms with Crippen molar-refractivity contribution >= 4 is 27.4 Å². The summed E-state index contributed by atoms with van der Waals surface area (Å²) in [6, 6.07) is 16.3. The Hall–Kier alpha value is -2.67. The van der Waals surface area contributed by atoms with Crippen molar-refractivity contribution in [1.82, 2.24) is 0 Å². The van der Waals surface area contributed by atoms with Crippen LogP contribution in [0.5, 0.6) is 0 Å². The van der Waals surface area contributed by atoms with Gasteiger partial charge < -0.3 is 10.1 Å². The van der Waals surface area contributed by atoms with E-state index < -0.39 is 33.1 Å². The molecule has 0 aliphatic carbocycles. The fourth-order valence-electron chi connectivity index (χ4n) is 2.26. The second-order valence-corrected chi connectivity index (χ2v) is 7.75. The molecule has 0 fully saturated rings. The van der Waals surface area contributed by atoms with Crippen LogP contribution in [-0.2, 0) is 24.2 Å². The summed E-state index contributed by atoms with van der Waals surface area (Å²) >= 11 is 0. The summed E-state index contributed by atoms with van der Waals surface area (Å²) in [6.07, 6.45) is -1.47. The van der Waals surface area contributed by atoms with Gasteiger partial charge in [0.25, 0.3) is 5.91 Å². The molecule has 2 atom stereocenters. The highest BCUT2D eigenvalue weighted by Crippen LogP contribution is 2.21. The molecule has 2 aromatic carbocycles. The Kier molecular flexibility index (Phi) is 5.93. The average molecular weight is 361 g/mol. The highest BCUT2D eigenvalue weighted by molar-refractivity contribution is 7.92. The van der Waals surface area contributed by atoms with E-state index in [-0.39, 0.29) is 4.90 Å². The summed E-state index contributed by atoms with van der Waals surface area (Å²) in [4.78, 5) is 24.0. The van der Waals surface area contributed by atoms with Crippen LogP contribution >= 0.6 is 0 Å². The molecular weight excluding hydrogens is 342 g/mol. The SMILES string of the molecule is CC(=O)O[C@H](C(=O)Nc1ccccc1)[C@H](C)S(=O)(=O)c1ccccc1. The largest absolute Gasteiger partial charge is 0.451 e. The van der Waals surface area contributed by atoms with Crippen LogP contribution in [0.25, 0.3) is 0 Å². The van der Waals surface area contributed by atoms with Gasteiger partial charge >= 0.3 is 5.97 Å². The highest BCUT2D eigenvalue weighted by atomic mass is 32.2. The number of esters is 1. The van der Waals surface area contributed by atoms with Crippen molar-refractivity contribution in [3.63, 3.8) is 0 Å². The number of carbonyl (C=O) groups excluding carboxylic acids is 2. The fraction of sp³-hybridized carbons (Fsp3) is 0.222. The van der Waals surface area contributed by atoms with E-state index in [1.165, 1.54) is 19.1 Å². The number of ether oxygens (including phenoxy) is 1. The van der Waals surface area contributed by atoms with Crippen molar-refractivity contribution in [2.75, 3.05) is 5.32 Å². The smallest absolute Gasteiger partial charge is 0.303 e. The number of hydrogen-bond acceptors (Lipinski definition) is 5. The van der Waals surface area contributed by atoms with Gasteiger partial charge in [0.2, 0.25) is 0 Å². The molecule has 6 nitrogen and oxygen atoms in total. The maximum atomic E-state index is 12.7. The first-order valence-corrected chi connectivity index (χ1v) is 9.19. The third-order valence-electron chi connectivity index (χ3n) is 3.58. The molecule has 0 bridgehead atoms. The Balaban J connectivity index is 2.30. The van der Waals surface area contributed by atoms with E-state index in [4.69, 9.17) is 4.74 Å². The Morgan fingerprint density at radius 3 is 2.00 bits per heavy atom. The molecule has 2 aromatic rings. The molecule has 0 aliphatic heterocycles. The number of anilines is 1. The zero-order chi connectivity index (χ0) is 18.4. The lowest BCUT2D eigenvalue weighted by molar-refractivity contribution is -0.151. The zero-order valence-electron chi connectivity index (χ0n) is 13.9. The molecule has 132 valence electrons. The minimum atomic E-state index is -3.86. The normalized spacial score (nSPS) is 13.5. The third-order valence-corrected chi connectivity index (χ3v) is 5.74. The Bertz CT molecular complexity index is 834. The van der Waals surface area contributed by atoms with Crippen LogP contribution in [0.4, 0.5) is 5.69 Å². The van der Waals surface area contributed by atoms with E-state index in [0.717, 1.165) is 6.92 Å². The molecule has 1 N–H and O–H groups in total. The van der Waals surface area contributed by atoms with Crippen LogP contribution in [0.2, 0.25) is 0 Å². The Morgan fingerprint density at radius 1 is 0.960 bits per heavy atom. The number of amides is 1. The van der Waals surface area contributed by atoms with Crippen molar-refractivity contribution in [3.05, 3.63) is 60.7 Å². The van der Waals surface area contributed by atoms with Crippen LogP contribution in [0, 0.1) is 0 Å². The first kappa shape index (κ1) is 18.7. The van der Waals surface area contributed by atoms with E-state index in [1.54, 1.807) is 48.5 Å². The van der Waals surface area contributed by atoms with Gasteiger partial charge in [0.15, 0.2) is 15.9 Å². The van der Waals surface area contributed by atoms with Crippen LogP contribution in [0.3, 0.4) is 0 Å². The summed E-state index contributed by atoms with van der Waals surface area (Å²) in [5, 5.41) is 1.32. The zero-order valence-corrected chi connectivity index (χ0v) is 14.7. The second-order valence-electron chi connectivity index (χ2n) is 5.45. The number of para-hydroxylation sites is 1. The summed E-state index contributed by atoms with van der Waals surface area (Å²) in [5.41, 5.74) is 0.481. The third kappa shape index (κ3) is 4.67. The molecule has 0 spiro atoms. The first-order chi connectivity index (χ1) is 11.8. The van der Waals surface area contributed by atoms with Gasteiger partial charge in [-0.1, -0.05) is 36.4 Å². The number of nitrogens with one attached hydrogen (secondary N) is 1. The fourth-order valence-corrected chi connectivity index (χ4v) is 3.73. The molecule has 1 amide bonds. The average Bonchev–Trinajstić information content (AvgIpc) is 2.60. The quantitative estimate of drug-likeness (QED) is 0.798. The molecule has 2 rings (SSSR count).